The number of hydrogen-bond acceptors (Lipinski definition) is 4. The predicted octanol–water partition coefficient (Wildman–Crippen LogP) is 3.77. The number of carbonyl (C=O) groups is 1. The monoisotopic (exact) mass is 307 g/mol. The molecule has 0 aliphatic rings. The van der Waals surface area contributed by atoms with Crippen LogP contribution < -0.4 is 10.6 Å². The highest BCUT2D eigenvalue weighted by Crippen LogP contribution is 2.21. The normalized spacial score (nSPS) is 11.7. The molecule has 2 aromatic carbocycles. The first kappa shape index (κ1) is 14.8. The highest BCUT2D eigenvalue weighted by molar-refractivity contribution is 5.96. The minimum absolute atomic E-state index is 0.201. The van der Waals surface area contributed by atoms with Gasteiger partial charge in [-0.2, -0.15) is 0 Å². The summed E-state index contributed by atoms with van der Waals surface area (Å²) in [5, 5.41) is 9.83. The first-order valence-electron chi connectivity index (χ1n) is 7.33. The largest absolute Gasteiger partial charge is 0.370 e. The van der Waals surface area contributed by atoms with Crippen LogP contribution in [0.15, 0.2) is 71.3 Å². The fourth-order valence-corrected chi connectivity index (χ4v) is 2.27. The van der Waals surface area contributed by atoms with E-state index in [9.17, 15) is 4.79 Å². The van der Waals surface area contributed by atoms with Crippen molar-refractivity contribution in [3.8, 4) is 0 Å². The van der Waals surface area contributed by atoms with Crippen LogP contribution in [-0.2, 0) is 4.79 Å². The lowest BCUT2D eigenvalue weighted by Gasteiger charge is -2.19. The van der Waals surface area contributed by atoms with Gasteiger partial charge in [0.05, 0.1) is 0 Å². The van der Waals surface area contributed by atoms with E-state index in [1.165, 1.54) is 0 Å². The van der Waals surface area contributed by atoms with Crippen LogP contribution in [0.25, 0.3) is 0 Å². The molecule has 5 heteroatoms. The van der Waals surface area contributed by atoms with E-state index in [0.717, 1.165) is 11.3 Å². The van der Waals surface area contributed by atoms with Crippen LogP contribution in [0.1, 0.15) is 17.4 Å². The van der Waals surface area contributed by atoms with Gasteiger partial charge in [0.1, 0.15) is 11.8 Å². The van der Waals surface area contributed by atoms with Gasteiger partial charge in [-0.05, 0) is 24.6 Å². The maximum Gasteiger partial charge on any atom is 0.252 e. The quantitative estimate of drug-likeness (QED) is 0.753. The lowest BCUT2D eigenvalue weighted by Crippen LogP contribution is -2.27. The van der Waals surface area contributed by atoms with Crippen LogP contribution in [0.2, 0.25) is 0 Å². The van der Waals surface area contributed by atoms with E-state index < -0.39 is 6.04 Å². The second-order valence-electron chi connectivity index (χ2n) is 5.17. The average Bonchev–Trinajstić information content (AvgIpc) is 2.99. The van der Waals surface area contributed by atoms with Crippen LogP contribution in [0.4, 0.5) is 11.5 Å². The number of anilines is 2. The Hall–Kier alpha value is -3.08. The average molecular weight is 307 g/mol. The van der Waals surface area contributed by atoms with Crippen molar-refractivity contribution in [3.05, 3.63) is 78.1 Å². The molecule has 1 aromatic heterocycles. The number of benzene rings is 2. The lowest BCUT2D eigenvalue weighted by atomic mass is 10.1. The molecule has 0 saturated heterocycles. The molecular weight excluding hydrogens is 290 g/mol. The molecule has 0 unspecified atom stereocenters. The van der Waals surface area contributed by atoms with E-state index in [1.54, 1.807) is 13.0 Å². The fraction of sp³-hybridized carbons (Fsp3) is 0.111. The SMILES string of the molecule is Cc1cc(NC(=O)[C@@H](Nc2ccccc2)c2ccccc2)no1. The molecule has 3 aromatic rings. The van der Waals surface area contributed by atoms with Crippen molar-refractivity contribution in [2.45, 2.75) is 13.0 Å². The highest BCUT2D eigenvalue weighted by Gasteiger charge is 2.21. The van der Waals surface area contributed by atoms with Crippen LogP contribution in [0.5, 0.6) is 0 Å². The van der Waals surface area contributed by atoms with Gasteiger partial charge in [-0.25, -0.2) is 0 Å². The van der Waals surface area contributed by atoms with Crippen molar-refractivity contribution in [2.75, 3.05) is 10.6 Å². The lowest BCUT2D eigenvalue weighted by molar-refractivity contribution is -0.117. The van der Waals surface area contributed by atoms with Crippen molar-refractivity contribution in [2.24, 2.45) is 0 Å². The third-order valence-corrected chi connectivity index (χ3v) is 3.36. The molecule has 0 bridgehead atoms. The Morgan fingerprint density at radius 2 is 1.70 bits per heavy atom. The maximum atomic E-state index is 12.7. The maximum absolute atomic E-state index is 12.7. The highest BCUT2D eigenvalue weighted by atomic mass is 16.5. The zero-order valence-electron chi connectivity index (χ0n) is 12.7. The van der Waals surface area contributed by atoms with Crippen LogP contribution in [0.3, 0.4) is 0 Å². The summed E-state index contributed by atoms with van der Waals surface area (Å²) in [4.78, 5) is 12.7. The zero-order chi connectivity index (χ0) is 16.1. The Balaban J connectivity index is 1.84. The Morgan fingerprint density at radius 3 is 2.30 bits per heavy atom. The summed E-state index contributed by atoms with van der Waals surface area (Å²) in [7, 11) is 0. The second-order valence-corrected chi connectivity index (χ2v) is 5.17. The molecule has 0 spiro atoms. The van der Waals surface area contributed by atoms with E-state index in [4.69, 9.17) is 4.52 Å². The number of amides is 1. The summed E-state index contributed by atoms with van der Waals surface area (Å²) in [6, 6.07) is 20.3. The van der Waals surface area contributed by atoms with E-state index in [2.05, 4.69) is 15.8 Å². The number of para-hydroxylation sites is 1. The van der Waals surface area contributed by atoms with Gasteiger partial charge in [0.25, 0.3) is 5.91 Å². The molecule has 1 atom stereocenters. The summed E-state index contributed by atoms with van der Waals surface area (Å²) in [6.07, 6.45) is 0. The Kier molecular flexibility index (Phi) is 4.38. The first-order valence-corrected chi connectivity index (χ1v) is 7.33. The number of rotatable bonds is 5. The summed E-state index contributed by atoms with van der Waals surface area (Å²) < 4.78 is 4.98. The van der Waals surface area contributed by atoms with E-state index in [-0.39, 0.29) is 5.91 Å². The van der Waals surface area contributed by atoms with Gasteiger partial charge in [-0.1, -0.05) is 53.7 Å². The summed E-state index contributed by atoms with van der Waals surface area (Å²) in [5.41, 5.74) is 1.74. The van der Waals surface area contributed by atoms with E-state index in [1.807, 2.05) is 60.7 Å². The third-order valence-electron chi connectivity index (χ3n) is 3.36. The molecule has 3 rings (SSSR count). The van der Waals surface area contributed by atoms with Gasteiger partial charge in [0.2, 0.25) is 0 Å². The van der Waals surface area contributed by atoms with Crippen molar-refractivity contribution >= 4 is 17.4 Å². The van der Waals surface area contributed by atoms with E-state index >= 15 is 0 Å². The van der Waals surface area contributed by atoms with Crippen molar-refractivity contribution < 1.29 is 9.32 Å². The number of nitrogens with zero attached hydrogens (tertiary/aromatic N) is 1. The molecule has 0 radical (unpaired) electrons. The minimum atomic E-state index is -0.532. The number of aryl methyl sites for hydroxylation is 1. The number of aromatic nitrogens is 1. The number of hydrogen-bond donors (Lipinski definition) is 2. The van der Waals surface area contributed by atoms with Crippen molar-refractivity contribution in [3.63, 3.8) is 0 Å². The van der Waals surface area contributed by atoms with Gasteiger partial charge in [-0.3, -0.25) is 4.79 Å². The molecule has 1 amide bonds. The zero-order valence-corrected chi connectivity index (χ0v) is 12.7. The standard InChI is InChI=1S/C18H17N3O2/c1-13-12-16(21-23-13)20-18(22)17(14-8-4-2-5-9-14)19-15-10-6-3-7-11-15/h2-12,17,19H,1H3,(H,20,21,22)/t17-/m0/s1. The summed E-state index contributed by atoms with van der Waals surface area (Å²) in [5.74, 6) is 0.851. The van der Waals surface area contributed by atoms with Crippen molar-refractivity contribution in [1.29, 1.82) is 0 Å². The van der Waals surface area contributed by atoms with Crippen molar-refractivity contribution in [1.82, 2.24) is 5.16 Å². The minimum Gasteiger partial charge on any atom is -0.370 e. The fourth-order valence-electron chi connectivity index (χ4n) is 2.27. The number of nitrogens with one attached hydrogen (secondary N) is 2. The van der Waals surface area contributed by atoms with Gasteiger partial charge in [0.15, 0.2) is 5.82 Å². The van der Waals surface area contributed by atoms with Gasteiger partial charge in [0, 0.05) is 11.8 Å². The third kappa shape index (κ3) is 3.77. The Morgan fingerprint density at radius 1 is 1.04 bits per heavy atom. The number of carbonyl (C=O) groups excluding carboxylic acids is 1. The van der Waals surface area contributed by atoms with E-state index in [0.29, 0.717) is 11.6 Å². The molecule has 0 aliphatic heterocycles. The smallest absolute Gasteiger partial charge is 0.252 e. The summed E-state index contributed by atoms with van der Waals surface area (Å²) in [6.45, 7) is 1.78. The first-order chi connectivity index (χ1) is 11.2. The van der Waals surface area contributed by atoms with Gasteiger partial charge in [-0.15, -0.1) is 0 Å². The van der Waals surface area contributed by atoms with Crippen LogP contribution in [-0.4, -0.2) is 11.1 Å². The Bertz CT molecular complexity index is 769. The molecule has 0 saturated carbocycles. The van der Waals surface area contributed by atoms with Crippen LogP contribution in [0, 0.1) is 6.92 Å². The molecule has 5 nitrogen and oxygen atoms in total. The van der Waals surface area contributed by atoms with Gasteiger partial charge >= 0.3 is 0 Å². The molecule has 116 valence electrons. The Labute approximate surface area is 134 Å². The molecule has 1 heterocycles. The molecular formula is C18H17N3O2. The molecule has 0 fully saturated rings. The van der Waals surface area contributed by atoms with Crippen LogP contribution >= 0.6 is 0 Å². The molecule has 0 aliphatic carbocycles. The molecule has 23 heavy (non-hydrogen) atoms. The summed E-state index contributed by atoms with van der Waals surface area (Å²) >= 11 is 0. The predicted molar refractivity (Wildman–Crippen MR) is 89.1 cm³/mol. The second kappa shape index (κ2) is 6.79. The van der Waals surface area contributed by atoms with Gasteiger partial charge < -0.3 is 15.2 Å². The topological polar surface area (TPSA) is 67.2 Å². The molecule has 2 N–H and O–H groups in total.